The lowest BCUT2D eigenvalue weighted by atomic mass is 10.2. The van der Waals surface area contributed by atoms with Gasteiger partial charge in [-0.25, -0.2) is 0 Å². The minimum atomic E-state index is 0.980. The molecular formula is C15H21BrN2. The number of halogens is 1. The lowest BCUT2D eigenvalue weighted by Crippen LogP contribution is -2.25. The van der Waals surface area contributed by atoms with Gasteiger partial charge in [-0.3, -0.25) is 0 Å². The van der Waals surface area contributed by atoms with Crippen molar-refractivity contribution in [3.63, 3.8) is 0 Å². The largest absolute Gasteiger partial charge is 0.358 e. The molecule has 1 aliphatic rings. The maximum Gasteiger partial charge on any atom is 0.0941 e. The predicted octanol–water partition coefficient (Wildman–Crippen LogP) is 4.58. The molecule has 0 saturated heterocycles. The van der Waals surface area contributed by atoms with Crippen LogP contribution in [0.25, 0.3) is 0 Å². The van der Waals surface area contributed by atoms with Gasteiger partial charge in [0.2, 0.25) is 0 Å². The predicted molar refractivity (Wildman–Crippen MR) is 81.5 cm³/mol. The van der Waals surface area contributed by atoms with Gasteiger partial charge in [-0.1, -0.05) is 42.1 Å². The smallest absolute Gasteiger partial charge is 0.0941 e. The number of hydrogen-bond donors (Lipinski definition) is 0. The van der Waals surface area contributed by atoms with Crippen LogP contribution in [0, 0.1) is 0 Å². The van der Waals surface area contributed by atoms with E-state index in [-0.39, 0.29) is 0 Å². The summed E-state index contributed by atoms with van der Waals surface area (Å²) in [6, 6.07) is 8.48. The summed E-state index contributed by atoms with van der Waals surface area (Å²) >= 11 is 3.47. The van der Waals surface area contributed by atoms with Crippen LogP contribution in [0.3, 0.4) is 0 Å². The second-order valence-corrected chi connectivity index (χ2v) is 5.67. The van der Waals surface area contributed by atoms with Gasteiger partial charge in [-0.15, -0.1) is 0 Å². The Balaban J connectivity index is 1.78. The summed E-state index contributed by atoms with van der Waals surface area (Å²) in [6.07, 6.45) is 9.68. The summed E-state index contributed by atoms with van der Waals surface area (Å²) in [7, 11) is 0. The Morgan fingerprint density at radius 3 is 2.56 bits per heavy atom. The molecule has 18 heavy (non-hydrogen) atoms. The average molecular weight is 309 g/mol. The van der Waals surface area contributed by atoms with Crippen molar-refractivity contribution in [3.05, 3.63) is 41.1 Å². The van der Waals surface area contributed by atoms with E-state index in [4.69, 9.17) is 0 Å². The molecule has 98 valence electrons. The molecule has 1 aromatic rings. The second-order valence-electron chi connectivity index (χ2n) is 4.76. The number of unbranched alkanes of at least 4 members (excludes halogenated alkanes) is 3. The van der Waals surface area contributed by atoms with Crippen LogP contribution in [0.4, 0.5) is 5.69 Å². The molecule has 0 aliphatic carbocycles. The normalized spacial score (nSPS) is 14.6. The highest BCUT2D eigenvalue weighted by Gasteiger charge is 2.12. The van der Waals surface area contributed by atoms with Gasteiger partial charge in [-0.2, -0.15) is 0 Å². The molecule has 2 nitrogen and oxygen atoms in total. The summed E-state index contributed by atoms with van der Waals surface area (Å²) in [5.41, 5.74) is 1.26. The molecular weight excluding hydrogens is 288 g/mol. The summed E-state index contributed by atoms with van der Waals surface area (Å²) in [4.78, 5) is 4.67. The van der Waals surface area contributed by atoms with E-state index in [9.17, 15) is 0 Å². The van der Waals surface area contributed by atoms with Crippen LogP contribution < -0.4 is 4.90 Å². The van der Waals surface area contributed by atoms with E-state index in [1.54, 1.807) is 0 Å². The van der Waals surface area contributed by atoms with Crippen LogP contribution in [0.2, 0.25) is 0 Å². The average Bonchev–Trinajstić information content (AvgIpc) is 2.84. The Morgan fingerprint density at radius 1 is 1.06 bits per heavy atom. The van der Waals surface area contributed by atoms with E-state index in [0.29, 0.717) is 0 Å². The Bertz CT molecular complexity index is 386. The zero-order valence-electron chi connectivity index (χ0n) is 11.0. The molecule has 0 unspecified atom stereocenters. The molecule has 0 aromatic heterocycles. The highest BCUT2D eigenvalue weighted by Crippen LogP contribution is 2.21. The topological polar surface area (TPSA) is 6.48 Å². The van der Waals surface area contributed by atoms with Crippen LogP contribution >= 0.6 is 15.9 Å². The molecule has 1 aromatic carbocycles. The van der Waals surface area contributed by atoms with Gasteiger partial charge in [0.05, 0.1) is 6.67 Å². The van der Waals surface area contributed by atoms with Crippen molar-refractivity contribution < 1.29 is 0 Å². The van der Waals surface area contributed by atoms with Crippen molar-refractivity contribution in [3.8, 4) is 0 Å². The Hall–Kier alpha value is -0.960. The number of benzene rings is 1. The first-order valence-corrected chi connectivity index (χ1v) is 7.53. The fourth-order valence-electron chi connectivity index (χ4n) is 2.15. The number of rotatable bonds is 6. The van der Waals surface area contributed by atoms with Crippen molar-refractivity contribution >= 4 is 21.6 Å². The van der Waals surface area contributed by atoms with Crippen molar-refractivity contribution in [2.24, 2.45) is 0 Å². The van der Waals surface area contributed by atoms with Gasteiger partial charge >= 0.3 is 0 Å². The summed E-state index contributed by atoms with van der Waals surface area (Å²) in [5, 5.41) is 0. The monoisotopic (exact) mass is 308 g/mol. The summed E-state index contributed by atoms with van der Waals surface area (Å²) < 4.78 is 1.13. The number of nitrogens with zero attached hydrogens (tertiary/aromatic N) is 2. The number of hydrogen-bond acceptors (Lipinski definition) is 2. The molecule has 0 radical (unpaired) electrons. The summed E-state index contributed by atoms with van der Waals surface area (Å²) in [6.45, 7) is 4.41. The molecule has 1 heterocycles. The summed E-state index contributed by atoms with van der Waals surface area (Å²) in [5.74, 6) is 0. The third-order valence-electron chi connectivity index (χ3n) is 3.25. The van der Waals surface area contributed by atoms with Crippen LogP contribution in [0.15, 0.2) is 41.1 Å². The molecule has 3 heteroatoms. The zero-order valence-corrected chi connectivity index (χ0v) is 12.6. The van der Waals surface area contributed by atoms with Crippen LogP contribution in [-0.4, -0.2) is 18.1 Å². The van der Waals surface area contributed by atoms with Crippen molar-refractivity contribution in [1.29, 1.82) is 0 Å². The van der Waals surface area contributed by atoms with Crippen LogP contribution in [0.1, 0.15) is 32.6 Å². The van der Waals surface area contributed by atoms with Gasteiger partial charge in [0.25, 0.3) is 0 Å². The molecule has 0 fully saturated rings. The van der Waals surface area contributed by atoms with Gasteiger partial charge < -0.3 is 9.80 Å². The SMILES string of the molecule is CCCCCCN1C=CN(c2ccc(Br)cc2)C1. The minimum absolute atomic E-state index is 0.980. The van der Waals surface area contributed by atoms with Crippen LogP contribution in [-0.2, 0) is 0 Å². The quantitative estimate of drug-likeness (QED) is 0.710. The zero-order chi connectivity index (χ0) is 12.8. The molecule has 0 spiro atoms. The van der Waals surface area contributed by atoms with E-state index >= 15 is 0 Å². The number of anilines is 1. The second kappa shape index (κ2) is 6.83. The molecule has 0 saturated carbocycles. The Labute approximate surface area is 118 Å². The standard InChI is InChI=1S/C15H21BrN2/c1-2-3-4-5-10-17-11-12-18(13-17)15-8-6-14(16)7-9-15/h6-9,11-12H,2-5,10,13H2,1H3. The van der Waals surface area contributed by atoms with Gasteiger partial charge in [0, 0.05) is 29.1 Å². The van der Waals surface area contributed by atoms with Gasteiger partial charge in [0.1, 0.15) is 0 Å². The fourth-order valence-corrected chi connectivity index (χ4v) is 2.42. The highest BCUT2D eigenvalue weighted by molar-refractivity contribution is 9.10. The lowest BCUT2D eigenvalue weighted by Gasteiger charge is -2.21. The van der Waals surface area contributed by atoms with E-state index in [1.165, 1.54) is 37.9 Å². The van der Waals surface area contributed by atoms with E-state index in [2.05, 4.69) is 69.3 Å². The highest BCUT2D eigenvalue weighted by atomic mass is 79.9. The van der Waals surface area contributed by atoms with Gasteiger partial charge in [-0.05, 0) is 30.7 Å². The Kier molecular flexibility index (Phi) is 5.12. The third kappa shape index (κ3) is 3.77. The van der Waals surface area contributed by atoms with E-state index in [0.717, 1.165) is 11.1 Å². The molecule has 2 rings (SSSR count). The van der Waals surface area contributed by atoms with E-state index in [1.807, 2.05) is 0 Å². The van der Waals surface area contributed by atoms with Crippen LogP contribution in [0.5, 0.6) is 0 Å². The Morgan fingerprint density at radius 2 is 1.83 bits per heavy atom. The molecule has 0 amide bonds. The minimum Gasteiger partial charge on any atom is -0.358 e. The fraction of sp³-hybridized carbons (Fsp3) is 0.467. The molecule has 0 N–H and O–H groups in total. The lowest BCUT2D eigenvalue weighted by molar-refractivity contribution is 0.390. The van der Waals surface area contributed by atoms with Crippen molar-refractivity contribution in [2.45, 2.75) is 32.6 Å². The first-order chi connectivity index (χ1) is 8.79. The molecule has 0 atom stereocenters. The first kappa shape index (κ1) is 13.5. The first-order valence-electron chi connectivity index (χ1n) is 6.74. The third-order valence-corrected chi connectivity index (χ3v) is 3.78. The van der Waals surface area contributed by atoms with Crippen molar-refractivity contribution in [2.75, 3.05) is 18.1 Å². The maximum atomic E-state index is 3.47. The molecule has 0 bridgehead atoms. The molecule has 1 aliphatic heterocycles. The van der Waals surface area contributed by atoms with E-state index < -0.39 is 0 Å². The maximum absolute atomic E-state index is 3.47. The van der Waals surface area contributed by atoms with Crippen molar-refractivity contribution in [1.82, 2.24) is 4.90 Å². The van der Waals surface area contributed by atoms with Gasteiger partial charge in [0.15, 0.2) is 0 Å².